The van der Waals surface area contributed by atoms with Gasteiger partial charge in [-0.25, -0.2) is 0 Å². The number of ether oxygens (including phenoxy) is 1. The Bertz CT molecular complexity index is 578. The van der Waals surface area contributed by atoms with Crippen molar-refractivity contribution >= 4 is 11.6 Å². The van der Waals surface area contributed by atoms with Crippen LogP contribution in [-0.4, -0.2) is 23.6 Å². The van der Waals surface area contributed by atoms with Gasteiger partial charge in [0.25, 0.3) is 5.91 Å². The van der Waals surface area contributed by atoms with E-state index in [1.807, 2.05) is 35.9 Å². The SMILES string of the molecule is CCn1cccc1C(=O)NCCOc1cccc(N)c1. The van der Waals surface area contributed by atoms with Gasteiger partial charge in [0, 0.05) is 24.5 Å². The second-order valence-electron chi connectivity index (χ2n) is 4.36. The summed E-state index contributed by atoms with van der Waals surface area (Å²) in [6.45, 7) is 3.62. The van der Waals surface area contributed by atoms with Crippen molar-refractivity contribution in [2.75, 3.05) is 18.9 Å². The van der Waals surface area contributed by atoms with E-state index < -0.39 is 0 Å². The van der Waals surface area contributed by atoms with E-state index in [1.165, 1.54) is 0 Å². The molecule has 0 aliphatic heterocycles. The number of hydrogen-bond donors (Lipinski definition) is 2. The number of aryl methyl sites for hydroxylation is 1. The zero-order chi connectivity index (χ0) is 14.4. The number of amides is 1. The van der Waals surface area contributed by atoms with Crippen LogP contribution < -0.4 is 15.8 Å². The molecule has 1 aromatic carbocycles. The van der Waals surface area contributed by atoms with Gasteiger partial charge in [0.2, 0.25) is 0 Å². The standard InChI is InChI=1S/C15H19N3O2/c1-2-18-9-4-7-14(18)15(19)17-8-10-20-13-6-3-5-12(16)11-13/h3-7,9,11H,2,8,10,16H2,1H3,(H,17,19). The first-order chi connectivity index (χ1) is 9.70. The molecule has 0 fully saturated rings. The van der Waals surface area contributed by atoms with Crippen LogP contribution in [0.25, 0.3) is 0 Å². The number of hydrogen-bond acceptors (Lipinski definition) is 3. The van der Waals surface area contributed by atoms with Crippen LogP contribution in [0.2, 0.25) is 0 Å². The maximum Gasteiger partial charge on any atom is 0.268 e. The number of rotatable bonds is 6. The highest BCUT2D eigenvalue weighted by molar-refractivity contribution is 5.92. The highest BCUT2D eigenvalue weighted by Crippen LogP contribution is 2.13. The number of nitrogen functional groups attached to an aromatic ring is 1. The molecule has 2 aromatic rings. The third kappa shape index (κ3) is 3.54. The van der Waals surface area contributed by atoms with E-state index in [4.69, 9.17) is 10.5 Å². The molecule has 0 atom stereocenters. The Labute approximate surface area is 118 Å². The molecule has 1 aromatic heterocycles. The minimum absolute atomic E-state index is 0.0898. The molecule has 0 radical (unpaired) electrons. The average molecular weight is 273 g/mol. The Morgan fingerprint density at radius 2 is 2.20 bits per heavy atom. The third-order valence-corrected chi connectivity index (χ3v) is 2.92. The molecular formula is C15H19N3O2. The van der Waals surface area contributed by atoms with Crippen molar-refractivity contribution in [2.24, 2.45) is 0 Å². The molecule has 5 heteroatoms. The number of aromatic nitrogens is 1. The topological polar surface area (TPSA) is 69.3 Å². The van der Waals surface area contributed by atoms with Gasteiger partial charge in [-0.2, -0.15) is 0 Å². The van der Waals surface area contributed by atoms with Crippen molar-refractivity contribution in [3.63, 3.8) is 0 Å². The summed E-state index contributed by atoms with van der Waals surface area (Å²) in [4.78, 5) is 11.9. The van der Waals surface area contributed by atoms with Crippen LogP contribution in [-0.2, 0) is 6.54 Å². The first kappa shape index (κ1) is 14.0. The van der Waals surface area contributed by atoms with Crippen molar-refractivity contribution in [2.45, 2.75) is 13.5 Å². The van der Waals surface area contributed by atoms with Gasteiger partial charge in [-0.05, 0) is 31.2 Å². The largest absolute Gasteiger partial charge is 0.492 e. The Kier molecular flexibility index (Phi) is 4.65. The molecule has 3 N–H and O–H groups in total. The van der Waals surface area contributed by atoms with E-state index in [0.29, 0.717) is 30.3 Å². The van der Waals surface area contributed by atoms with E-state index in [9.17, 15) is 4.79 Å². The number of anilines is 1. The maximum absolute atomic E-state index is 11.9. The minimum Gasteiger partial charge on any atom is -0.492 e. The number of benzene rings is 1. The van der Waals surface area contributed by atoms with Crippen LogP contribution in [0.15, 0.2) is 42.6 Å². The summed E-state index contributed by atoms with van der Waals surface area (Å²) in [6.07, 6.45) is 1.89. The van der Waals surface area contributed by atoms with Crippen molar-refractivity contribution < 1.29 is 9.53 Å². The summed E-state index contributed by atoms with van der Waals surface area (Å²) in [5.41, 5.74) is 6.98. The van der Waals surface area contributed by atoms with E-state index in [-0.39, 0.29) is 5.91 Å². The van der Waals surface area contributed by atoms with Gasteiger partial charge in [-0.3, -0.25) is 4.79 Å². The van der Waals surface area contributed by atoms with Gasteiger partial charge < -0.3 is 20.4 Å². The lowest BCUT2D eigenvalue weighted by atomic mass is 10.3. The normalized spacial score (nSPS) is 10.2. The van der Waals surface area contributed by atoms with E-state index in [1.54, 1.807) is 18.2 Å². The number of nitrogens with zero attached hydrogens (tertiary/aromatic N) is 1. The Hall–Kier alpha value is -2.43. The van der Waals surface area contributed by atoms with Gasteiger partial charge in [0.05, 0.1) is 6.54 Å². The van der Waals surface area contributed by atoms with E-state index in [0.717, 1.165) is 6.54 Å². The number of nitrogens with one attached hydrogen (secondary N) is 1. The summed E-state index contributed by atoms with van der Waals surface area (Å²) in [7, 11) is 0. The predicted octanol–water partition coefficient (Wildman–Crippen LogP) is 1.90. The molecule has 2 rings (SSSR count). The highest BCUT2D eigenvalue weighted by Gasteiger charge is 2.08. The lowest BCUT2D eigenvalue weighted by Gasteiger charge is -2.09. The quantitative estimate of drug-likeness (QED) is 0.624. The summed E-state index contributed by atoms with van der Waals surface area (Å²) in [5.74, 6) is 0.615. The lowest BCUT2D eigenvalue weighted by molar-refractivity contribution is 0.0938. The van der Waals surface area contributed by atoms with Crippen LogP contribution in [0.5, 0.6) is 5.75 Å². The van der Waals surface area contributed by atoms with Crippen LogP contribution in [0, 0.1) is 0 Å². The van der Waals surface area contributed by atoms with Crippen LogP contribution in [0.1, 0.15) is 17.4 Å². The molecule has 0 saturated heterocycles. The minimum atomic E-state index is -0.0898. The fourth-order valence-electron chi connectivity index (χ4n) is 1.92. The molecule has 20 heavy (non-hydrogen) atoms. The molecule has 5 nitrogen and oxygen atoms in total. The average Bonchev–Trinajstić information content (AvgIpc) is 2.92. The molecule has 0 spiro atoms. The molecule has 0 saturated carbocycles. The second-order valence-corrected chi connectivity index (χ2v) is 4.36. The molecule has 0 unspecified atom stereocenters. The monoisotopic (exact) mass is 273 g/mol. The van der Waals surface area contributed by atoms with E-state index >= 15 is 0 Å². The van der Waals surface area contributed by atoms with Gasteiger partial charge in [0.1, 0.15) is 18.1 Å². The van der Waals surface area contributed by atoms with Crippen molar-refractivity contribution in [3.05, 3.63) is 48.3 Å². The maximum atomic E-state index is 11.9. The molecular weight excluding hydrogens is 254 g/mol. The molecule has 106 valence electrons. The fraction of sp³-hybridized carbons (Fsp3) is 0.267. The first-order valence-electron chi connectivity index (χ1n) is 6.62. The molecule has 0 bridgehead atoms. The number of nitrogens with two attached hydrogens (primary N) is 1. The number of carbonyl (C=O) groups excluding carboxylic acids is 1. The van der Waals surface area contributed by atoms with Crippen LogP contribution in [0.3, 0.4) is 0 Å². The summed E-state index contributed by atoms with van der Waals surface area (Å²) in [6, 6.07) is 10.9. The zero-order valence-corrected chi connectivity index (χ0v) is 11.5. The first-order valence-corrected chi connectivity index (χ1v) is 6.62. The Morgan fingerprint density at radius 3 is 2.95 bits per heavy atom. The molecule has 1 amide bonds. The van der Waals surface area contributed by atoms with Crippen molar-refractivity contribution in [1.29, 1.82) is 0 Å². The Morgan fingerprint density at radius 1 is 1.35 bits per heavy atom. The number of carbonyl (C=O) groups is 1. The van der Waals surface area contributed by atoms with Gasteiger partial charge in [0.15, 0.2) is 0 Å². The van der Waals surface area contributed by atoms with Crippen LogP contribution in [0.4, 0.5) is 5.69 Å². The molecule has 0 aliphatic rings. The van der Waals surface area contributed by atoms with E-state index in [2.05, 4.69) is 5.32 Å². The Balaban J connectivity index is 1.77. The summed E-state index contributed by atoms with van der Waals surface area (Å²) in [5, 5.41) is 2.83. The van der Waals surface area contributed by atoms with Crippen molar-refractivity contribution in [3.8, 4) is 5.75 Å². The van der Waals surface area contributed by atoms with Crippen LogP contribution >= 0.6 is 0 Å². The summed E-state index contributed by atoms with van der Waals surface area (Å²) >= 11 is 0. The summed E-state index contributed by atoms with van der Waals surface area (Å²) < 4.78 is 7.41. The second kappa shape index (κ2) is 6.65. The smallest absolute Gasteiger partial charge is 0.268 e. The zero-order valence-electron chi connectivity index (χ0n) is 11.5. The molecule has 0 aliphatic carbocycles. The van der Waals surface area contributed by atoms with Gasteiger partial charge in [-0.15, -0.1) is 0 Å². The van der Waals surface area contributed by atoms with Gasteiger partial charge >= 0.3 is 0 Å². The lowest BCUT2D eigenvalue weighted by Crippen LogP contribution is -2.29. The highest BCUT2D eigenvalue weighted by atomic mass is 16.5. The van der Waals surface area contributed by atoms with Crippen molar-refractivity contribution in [1.82, 2.24) is 9.88 Å². The fourth-order valence-corrected chi connectivity index (χ4v) is 1.92. The predicted molar refractivity (Wildman–Crippen MR) is 78.8 cm³/mol. The van der Waals surface area contributed by atoms with Gasteiger partial charge in [-0.1, -0.05) is 6.07 Å². The molecule has 1 heterocycles. The third-order valence-electron chi connectivity index (χ3n) is 2.92.